The third-order valence-corrected chi connectivity index (χ3v) is 5.64. The molecular formula is C21H27N5O2. The molecule has 0 unspecified atom stereocenters. The SMILES string of the molecule is Cn1c(=O)[nH]c(=O)c2c1nc(NC1CCCCC1)n2CCCc1ccccc1. The standard InChI is InChI=1S/C21H27N5O2/c1-25-18-17(19(27)24-21(25)28)26(14-8-11-15-9-4-2-5-10-15)20(23-18)22-16-12-6-3-7-13-16/h2,4-5,9-10,16H,3,6-8,11-14H2,1H3,(H,22,23)(H,24,27,28). The molecule has 0 spiro atoms. The van der Waals surface area contributed by atoms with Gasteiger partial charge in [-0.3, -0.25) is 14.3 Å². The molecule has 3 aromatic rings. The lowest BCUT2D eigenvalue weighted by Crippen LogP contribution is -2.29. The quantitative estimate of drug-likeness (QED) is 0.688. The predicted octanol–water partition coefficient (Wildman–Crippen LogP) is 2.80. The zero-order valence-electron chi connectivity index (χ0n) is 16.3. The summed E-state index contributed by atoms with van der Waals surface area (Å²) in [4.78, 5) is 31.6. The van der Waals surface area contributed by atoms with Crippen LogP contribution in [0.5, 0.6) is 0 Å². The van der Waals surface area contributed by atoms with E-state index in [2.05, 4.69) is 27.4 Å². The normalized spacial score (nSPS) is 15.2. The topological polar surface area (TPSA) is 84.7 Å². The molecular weight excluding hydrogens is 354 g/mol. The van der Waals surface area contributed by atoms with Crippen molar-refractivity contribution in [3.8, 4) is 0 Å². The number of H-pyrrole nitrogens is 1. The molecule has 148 valence electrons. The average molecular weight is 381 g/mol. The highest BCUT2D eigenvalue weighted by Gasteiger charge is 2.20. The molecule has 7 nitrogen and oxygen atoms in total. The molecule has 1 fully saturated rings. The van der Waals surface area contributed by atoms with Crippen molar-refractivity contribution >= 4 is 17.1 Å². The third kappa shape index (κ3) is 3.74. The maximum atomic E-state index is 12.6. The summed E-state index contributed by atoms with van der Waals surface area (Å²) in [6, 6.07) is 10.7. The van der Waals surface area contributed by atoms with Gasteiger partial charge in [-0.15, -0.1) is 0 Å². The summed E-state index contributed by atoms with van der Waals surface area (Å²) in [6.45, 7) is 0.668. The Kier molecular flexibility index (Phi) is 5.32. The van der Waals surface area contributed by atoms with E-state index in [1.807, 2.05) is 22.8 Å². The lowest BCUT2D eigenvalue weighted by molar-refractivity contribution is 0.458. The first-order chi connectivity index (χ1) is 13.6. The van der Waals surface area contributed by atoms with Gasteiger partial charge in [0.15, 0.2) is 11.2 Å². The van der Waals surface area contributed by atoms with Crippen LogP contribution in [0.3, 0.4) is 0 Å². The number of hydrogen-bond donors (Lipinski definition) is 2. The third-order valence-electron chi connectivity index (χ3n) is 5.64. The number of hydrogen-bond acceptors (Lipinski definition) is 4. The second kappa shape index (κ2) is 8.04. The zero-order valence-corrected chi connectivity index (χ0v) is 16.3. The van der Waals surface area contributed by atoms with Crippen LogP contribution in [0.2, 0.25) is 0 Å². The Morgan fingerprint density at radius 2 is 1.89 bits per heavy atom. The highest BCUT2D eigenvalue weighted by atomic mass is 16.2. The van der Waals surface area contributed by atoms with Crippen molar-refractivity contribution < 1.29 is 0 Å². The van der Waals surface area contributed by atoms with Gasteiger partial charge in [-0.2, -0.15) is 4.98 Å². The molecule has 1 aliphatic carbocycles. The van der Waals surface area contributed by atoms with E-state index >= 15 is 0 Å². The van der Waals surface area contributed by atoms with Crippen molar-refractivity contribution in [3.05, 3.63) is 56.7 Å². The van der Waals surface area contributed by atoms with Gasteiger partial charge in [-0.05, 0) is 31.2 Å². The zero-order chi connectivity index (χ0) is 19.5. The summed E-state index contributed by atoms with van der Waals surface area (Å²) in [5.74, 6) is 0.696. The first-order valence-electron chi connectivity index (χ1n) is 10.1. The number of aryl methyl sites for hydroxylation is 3. The van der Waals surface area contributed by atoms with Crippen molar-refractivity contribution in [2.75, 3.05) is 5.32 Å². The van der Waals surface area contributed by atoms with Gasteiger partial charge in [0, 0.05) is 19.6 Å². The molecule has 2 N–H and O–H groups in total. The fourth-order valence-electron chi connectivity index (χ4n) is 4.08. The van der Waals surface area contributed by atoms with Crippen LogP contribution >= 0.6 is 0 Å². The largest absolute Gasteiger partial charge is 0.353 e. The number of benzene rings is 1. The van der Waals surface area contributed by atoms with Gasteiger partial charge in [0.25, 0.3) is 5.56 Å². The summed E-state index contributed by atoms with van der Waals surface area (Å²) < 4.78 is 3.36. The summed E-state index contributed by atoms with van der Waals surface area (Å²) in [6.07, 6.45) is 7.74. The van der Waals surface area contributed by atoms with Crippen LogP contribution in [0.1, 0.15) is 44.1 Å². The van der Waals surface area contributed by atoms with E-state index in [1.54, 1.807) is 7.05 Å². The van der Waals surface area contributed by atoms with Gasteiger partial charge < -0.3 is 9.88 Å². The van der Waals surface area contributed by atoms with Gasteiger partial charge in [0.05, 0.1) is 0 Å². The summed E-state index contributed by atoms with van der Waals surface area (Å²) in [7, 11) is 1.65. The molecule has 1 aliphatic rings. The fraction of sp³-hybridized carbons (Fsp3) is 0.476. The van der Waals surface area contributed by atoms with Gasteiger partial charge in [0.2, 0.25) is 5.95 Å². The van der Waals surface area contributed by atoms with E-state index in [0.29, 0.717) is 29.7 Å². The average Bonchev–Trinajstić information content (AvgIpc) is 3.07. The second-order valence-corrected chi connectivity index (χ2v) is 7.65. The van der Waals surface area contributed by atoms with E-state index in [0.717, 1.165) is 25.7 Å². The Bertz CT molecular complexity index is 1060. The molecule has 1 aromatic carbocycles. The Balaban J connectivity index is 1.66. The Hall–Kier alpha value is -2.83. The molecule has 7 heteroatoms. The van der Waals surface area contributed by atoms with Crippen LogP contribution in [-0.2, 0) is 20.0 Å². The number of fused-ring (bicyclic) bond motifs is 1. The van der Waals surface area contributed by atoms with Gasteiger partial charge in [-0.25, -0.2) is 4.79 Å². The number of nitrogens with one attached hydrogen (secondary N) is 2. The van der Waals surface area contributed by atoms with Crippen molar-refractivity contribution in [3.63, 3.8) is 0 Å². The number of rotatable bonds is 6. The highest BCUT2D eigenvalue weighted by Crippen LogP contribution is 2.23. The fourth-order valence-corrected chi connectivity index (χ4v) is 4.08. The van der Waals surface area contributed by atoms with Crippen molar-refractivity contribution in [2.24, 2.45) is 7.05 Å². The Morgan fingerprint density at radius 1 is 1.14 bits per heavy atom. The molecule has 0 atom stereocenters. The van der Waals surface area contributed by atoms with Gasteiger partial charge >= 0.3 is 5.69 Å². The van der Waals surface area contributed by atoms with Crippen molar-refractivity contribution in [1.29, 1.82) is 0 Å². The number of anilines is 1. The van der Waals surface area contributed by atoms with Crippen LogP contribution in [0.15, 0.2) is 39.9 Å². The van der Waals surface area contributed by atoms with E-state index in [9.17, 15) is 9.59 Å². The summed E-state index contributed by atoms with van der Waals surface area (Å²) >= 11 is 0. The number of aromatic amines is 1. The monoisotopic (exact) mass is 381 g/mol. The van der Waals surface area contributed by atoms with E-state index in [1.165, 1.54) is 29.4 Å². The molecule has 0 amide bonds. The molecule has 2 aromatic heterocycles. The smallest absolute Gasteiger partial charge is 0.329 e. The minimum Gasteiger partial charge on any atom is -0.353 e. The first kappa shape index (κ1) is 18.5. The molecule has 1 saturated carbocycles. The van der Waals surface area contributed by atoms with Crippen LogP contribution in [-0.4, -0.2) is 25.1 Å². The molecule has 0 saturated heterocycles. The second-order valence-electron chi connectivity index (χ2n) is 7.65. The van der Waals surface area contributed by atoms with Crippen LogP contribution in [0, 0.1) is 0 Å². The van der Waals surface area contributed by atoms with E-state index in [-0.39, 0.29) is 5.56 Å². The van der Waals surface area contributed by atoms with Crippen LogP contribution in [0.4, 0.5) is 5.95 Å². The molecule has 28 heavy (non-hydrogen) atoms. The first-order valence-corrected chi connectivity index (χ1v) is 10.1. The van der Waals surface area contributed by atoms with Crippen LogP contribution in [0.25, 0.3) is 11.2 Å². The summed E-state index contributed by atoms with van der Waals surface area (Å²) in [5, 5.41) is 3.55. The molecule has 0 aliphatic heterocycles. The predicted molar refractivity (Wildman–Crippen MR) is 111 cm³/mol. The number of nitrogens with zero attached hydrogens (tertiary/aromatic N) is 3. The molecule has 2 heterocycles. The lowest BCUT2D eigenvalue weighted by atomic mass is 9.96. The van der Waals surface area contributed by atoms with Crippen molar-refractivity contribution in [2.45, 2.75) is 57.5 Å². The number of imidazole rings is 1. The Morgan fingerprint density at radius 3 is 2.64 bits per heavy atom. The van der Waals surface area contributed by atoms with Crippen molar-refractivity contribution in [1.82, 2.24) is 19.1 Å². The maximum Gasteiger partial charge on any atom is 0.329 e. The minimum absolute atomic E-state index is 0.370. The maximum absolute atomic E-state index is 12.6. The highest BCUT2D eigenvalue weighted by molar-refractivity contribution is 5.74. The molecule has 4 rings (SSSR count). The number of aromatic nitrogens is 4. The minimum atomic E-state index is -0.435. The lowest BCUT2D eigenvalue weighted by Gasteiger charge is -2.23. The van der Waals surface area contributed by atoms with Gasteiger partial charge in [0.1, 0.15) is 0 Å². The molecule has 0 radical (unpaired) electrons. The Labute approximate surface area is 163 Å². The van der Waals surface area contributed by atoms with E-state index in [4.69, 9.17) is 0 Å². The van der Waals surface area contributed by atoms with Gasteiger partial charge in [-0.1, -0.05) is 49.6 Å². The summed E-state index contributed by atoms with van der Waals surface area (Å²) in [5.41, 5.74) is 1.37. The van der Waals surface area contributed by atoms with Crippen LogP contribution < -0.4 is 16.6 Å². The molecule has 0 bridgehead atoms. The van der Waals surface area contributed by atoms with E-state index < -0.39 is 5.69 Å².